The predicted molar refractivity (Wildman–Crippen MR) is 135 cm³/mol. The molecule has 2 heterocycles. The molecule has 0 radical (unpaired) electrons. The van der Waals surface area contributed by atoms with Crippen LogP contribution in [0, 0.1) is 0 Å². The van der Waals surface area contributed by atoms with Gasteiger partial charge in [0.15, 0.2) is 5.96 Å². The van der Waals surface area contributed by atoms with E-state index in [1.54, 1.807) is 16.7 Å². The Bertz CT molecular complexity index is 818. The fraction of sp³-hybridized carbons (Fsp3) is 0.478. The third-order valence-corrected chi connectivity index (χ3v) is 5.47. The number of likely N-dealkylation sites (tertiary alicyclic amines) is 1. The molecular weight excluding hydrogens is 489 g/mol. The molecule has 1 aromatic heterocycles. The average molecular weight is 523 g/mol. The highest BCUT2D eigenvalue weighted by atomic mass is 127. The summed E-state index contributed by atoms with van der Waals surface area (Å²) in [5.41, 5.74) is 1.41. The van der Waals surface area contributed by atoms with Crippen LogP contribution in [0.3, 0.4) is 0 Å². The van der Waals surface area contributed by atoms with Crippen molar-refractivity contribution in [2.24, 2.45) is 4.99 Å². The van der Waals surface area contributed by atoms with E-state index >= 15 is 0 Å². The van der Waals surface area contributed by atoms with Crippen LogP contribution in [0.5, 0.6) is 0 Å². The zero-order valence-corrected chi connectivity index (χ0v) is 20.1. The summed E-state index contributed by atoms with van der Waals surface area (Å²) < 4.78 is 1.76. The van der Waals surface area contributed by atoms with Gasteiger partial charge in [0.2, 0.25) is 5.56 Å². The molecule has 1 fully saturated rings. The summed E-state index contributed by atoms with van der Waals surface area (Å²) in [6.45, 7) is 4.74. The fourth-order valence-corrected chi connectivity index (χ4v) is 3.86. The quantitative estimate of drug-likeness (QED) is 0.229. The largest absolute Gasteiger partial charge is 0.356 e. The lowest BCUT2D eigenvalue weighted by molar-refractivity contribution is 0.245. The van der Waals surface area contributed by atoms with Crippen LogP contribution in [-0.2, 0) is 6.54 Å². The molecule has 30 heavy (non-hydrogen) atoms. The predicted octanol–water partition coefficient (Wildman–Crippen LogP) is 3.25. The number of aromatic nitrogens is 1. The van der Waals surface area contributed by atoms with Crippen LogP contribution >= 0.6 is 24.0 Å². The number of rotatable bonds is 9. The zero-order valence-electron chi connectivity index (χ0n) is 17.8. The van der Waals surface area contributed by atoms with E-state index in [-0.39, 0.29) is 29.5 Å². The number of guanidine groups is 1. The van der Waals surface area contributed by atoms with Gasteiger partial charge in [0.1, 0.15) is 0 Å². The van der Waals surface area contributed by atoms with Crippen molar-refractivity contribution in [2.45, 2.75) is 38.3 Å². The van der Waals surface area contributed by atoms with Crippen molar-refractivity contribution in [1.29, 1.82) is 0 Å². The average Bonchev–Trinajstić information content (AvgIpc) is 3.29. The Labute approximate surface area is 196 Å². The highest BCUT2D eigenvalue weighted by molar-refractivity contribution is 14.0. The number of benzene rings is 1. The van der Waals surface area contributed by atoms with Gasteiger partial charge in [-0.3, -0.25) is 14.7 Å². The van der Waals surface area contributed by atoms with E-state index in [1.165, 1.54) is 18.4 Å². The minimum Gasteiger partial charge on any atom is -0.356 e. The van der Waals surface area contributed by atoms with Crippen LogP contribution in [0.4, 0.5) is 0 Å². The summed E-state index contributed by atoms with van der Waals surface area (Å²) in [5.74, 6) is 0.835. The molecule has 164 valence electrons. The monoisotopic (exact) mass is 523 g/mol. The first kappa shape index (κ1) is 24.4. The van der Waals surface area contributed by atoms with Gasteiger partial charge >= 0.3 is 0 Å². The molecule has 1 unspecified atom stereocenters. The van der Waals surface area contributed by atoms with Crippen LogP contribution in [0.15, 0.2) is 64.5 Å². The number of hydrogen-bond donors (Lipinski definition) is 2. The van der Waals surface area contributed by atoms with Crippen molar-refractivity contribution in [1.82, 2.24) is 20.1 Å². The van der Waals surface area contributed by atoms with Crippen LogP contribution in [0.2, 0.25) is 0 Å². The minimum atomic E-state index is 0. The maximum atomic E-state index is 11.7. The first-order valence-electron chi connectivity index (χ1n) is 10.7. The number of unbranched alkanes of at least 4 members (excludes halogenated alkanes) is 1. The summed E-state index contributed by atoms with van der Waals surface area (Å²) in [4.78, 5) is 18.7. The lowest BCUT2D eigenvalue weighted by Gasteiger charge is -2.29. The molecule has 1 aliphatic heterocycles. The Kier molecular flexibility index (Phi) is 10.9. The van der Waals surface area contributed by atoms with Gasteiger partial charge in [0.05, 0.1) is 6.04 Å². The summed E-state index contributed by atoms with van der Waals surface area (Å²) in [6.07, 6.45) is 6.34. The van der Waals surface area contributed by atoms with Gasteiger partial charge < -0.3 is 15.2 Å². The number of nitrogens with zero attached hydrogens (tertiary/aromatic N) is 3. The molecule has 0 aliphatic carbocycles. The van der Waals surface area contributed by atoms with E-state index in [4.69, 9.17) is 0 Å². The highest BCUT2D eigenvalue weighted by Crippen LogP contribution is 2.24. The van der Waals surface area contributed by atoms with E-state index < -0.39 is 0 Å². The topological polar surface area (TPSA) is 61.7 Å². The third kappa shape index (κ3) is 7.43. The number of pyridine rings is 1. The zero-order chi connectivity index (χ0) is 20.3. The molecule has 3 rings (SSSR count). The molecule has 2 aromatic rings. The molecule has 0 bridgehead atoms. The Morgan fingerprint density at radius 2 is 1.77 bits per heavy atom. The Morgan fingerprint density at radius 1 is 1.03 bits per heavy atom. The molecule has 1 atom stereocenters. The van der Waals surface area contributed by atoms with Crippen molar-refractivity contribution in [3.63, 3.8) is 0 Å². The normalized spacial score (nSPS) is 15.4. The van der Waals surface area contributed by atoms with Crippen molar-refractivity contribution >= 4 is 29.9 Å². The molecule has 6 nitrogen and oxygen atoms in total. The number of halogens is 1. The van der Waals surface area contributed by atoms with Crippen molar-refractivity contribution in [2.75, 3.05) is 33.2 Å². The van der Waals surface area contributed by atoms with E-state index in [0.717, 1.165) is 51.5 Å². The fourth-order valence-electron chi connectivity index (χ4n) is 3.86. The Morgan fingerprint density at radius 3 is 2.47 bits per heavy atom. The lowest BCUT2D eigenvalue weighted by Crippen LogP contribution is -2.43. The number of aliphatic imine (C=N–C) groups is 1. The third-order valence-electron chi connectivity index (χ3n) is 5.47. The summed E-state index contributed by atoms with van der Waals surface area (Å²) in [5, 5.41) is 6.91. The van der Waals surface area contributed by atoms with Gasteiger partial charge in [-0.25, -0.2) is 0 Å². The molecule has 0 saturated carbocycles. The second kappa shape index (κ2) is 13.4. The second-order valence-corrected chi connectivity index (χ2v) is 7.49. The molecule has 1 aromatic carbocycles. The lowest BCUT2D eigenvalue weighted by atomic mass is 10.1. The van der Waals surface area contributed by atoms with Crippen LogP contribution in [0.1, 0.15) is 37.3 Å². The number of hydrogen-bond acceptors (Lipinski definition) is 3. The maximum Gasteiger partial charge on any atom is 0.250 e. The molecule has 1 aliphatic rings. The van der Waals surface area contributed by atoms with E-state index in [9.17, 15) is 4.79 Å². The molecule has 0 amide bonds. The first-order chi connectivity index (χ1) is 14.3. The summed E-state index contributed by atoms with van der Waals surface area (Å²) >= 11 is 0. The Balaban J connectivity index is 0.00000320. The maximum absolute atomic E-state index is 11.7. The van der Waals surface area contributed by atoms with E-state index in [1.807, 2.05) is 19.3 Å². The first-order valence-corrected chi connectivity index (χ1v) is 10.7. The van der Waals surface area contributed by atoms with Crippen LogP contribution in [0.25, 0.3) is 0 Å². The van der Waals surface area contributed by atoms with Crippen LogP contribution < -0.4 is 16.2 Å². The van der Waals surface area contributed by atoms with Gasteiger partial charge in [-0.15, -0.1) is 24.0 Å². The van der Waals surface area contributed by atoms with E-state index in [2.05, 4.69) is 50.9 Å². The summed E-state index contributed by atoms with van der Waals surface area (Å²) in [7, 11) is 1.81. The molecular formula is C23H34IN5O. The van der Waals surface area contributed by atoms with E-state index in [0.29, 0.717) is 6.04 Å². The minimum absolute atomic E-state index is 0. The smallest absolute Gasteiger partial charge is 0.250 e. The number of aryl methyl sites for hydroxylation is 1. The SMILES string of the molecule is CN=C(NCCCCn1ccccc1=O)NCC(c1ccccc1)N1CCCC1.I. The van der Waals surface area contributed by atoms with Crippen molar-refractivity contribution < 1.29 is 0 Å². The molecule has 7 heteroatoms. The van der Waals surface area contributed by atoms with Gasteiger partial charge in [-0.2, -0.15) is 0 Å². The Hall–Kier alpha value is -1.87. The standard InChI is InChI=1S/C23H33N5O.HI/c1-24-23(25-14-6-8-18-28-17-7-5-13-22(28)29)26-19-21(27-15-9-10-16-27)20-11-3-2-4-12-20;/h2-5,7,11-13,17,21H,6,8-10,14-16,18-19H2,1H3,(H2,24,25,26);1H. The van der Waals surface area contributed by atoms with Gasteiger partial charge in [0, 0.05) is 38.9 Å². The second-order valence-electron chi connectivity index (χ2n) is 7.49. The van der Waals surface area contributed by atoms with Crippen LogP contribution in [-0.4, -0.2) is 48.7 Å². The van der Waals surface area contributed by atoms with Gasteiger partial charge in [0.25, 0.3) is 0 Å². The highest BCUT2D eigenvalue weighted by Gasteiger charge is 2.23. The van der Waals surface area contributed by atoms with Crippen molar-refractivity contribution in [3.05, 3.63) is 70.6 Å². The molecule has 1 saturated heterocycles. The molecule has 0 spiro atoms. The van der Waals surface area contributed by atoms with Gasteiger partial charge in [-0.1, -0.05) is 36.4 Å². The summed E-state index contributed by atoms with van der Waals surface area (Å²) in [6, 6.07) is 16.4. The van der Waals surface area contributed by atoms with Crippen molar-refractivity contribution in [3.8, 4) is 0 Å². The molecule has 2 N–H and O–H groups in total. The number of nitrogens with one attached hydrogen (secondary N) is 2. The van der Waals surface area contributed by atoms with Gasteiger partial charge in [-0.05, 0) is 50.4 Å².